The van der Waals surface area contributed by atoms with Crippen LogP contribution in [0.3, 0.4) is 0 Å². The van der Waals surface area contributed by atoms with Crippen LogP contribution >= 0.6 is 0 Å². The third-order valence-electron chi connectivity index (χ3n) is 3.46. The first-order valence-electron chi connectivity index (χ1n) is 7.52. The number of aryl methyl sites for hydroxylation is 3. The van der Waals surface area contributed by atoms with Crippen LogP contribution in [0.4, 0.5) is 0 Å². The molecule has 2 aromatic rings. The Morgan fingerprint density at radius 2 is 1.59 bits per heavy atom. The standard InChI is InChI=1S/C19H23NO2/c1-13-5-7-17(8-6-13)12-20-19(21)16(4)22-18-10-14(2)9-15(3)11-18/h5-11,16H,12H2,1-4H3,(H,20,21)/t16-/m1/s1. The van der Waals surface area contributed by atoms with Crippen LogP contribution in [-0.2, 0) is 11.3 Å². The SMILES string of the molecule is Cc1ccc(CNC(=O)[C@@H](C)Oc2cc(C)cc(C)c2)cc1. The largest absolute Gasteiger partial charge is 0.481 e. The molecule has 2 aromatic carbocycles. The highest BCUT2D eigenvalue weighted by Crippen LogP contribution is 2.17. The molecule has 1 atom stereocenters. The van der Waals surface area contributed by atoms with Crippen LogP contribution in [0.25, 0.3) is 0 Å². The number of ether oxygens (including phenoxy) is 1. The van der Waals surface area contributed by atoms with Crippen molar-refractivity contribution in [1.29, 1.82) is 0 Å². The minimum Gasteiger partial charge on any atom is -0.481 e. The zero-order valence-electron chi connectivity index (χ0n) is 13.6. The van der Waals surface area contributed by atoms with E-state index in [2.05, 4.69) is 11.4 Å². The van der Waals surface area contributed by atoms with Crippen LogP contribution in [0.5, 0.6) is 5.75 Å². The number of amides is 1. The Balaban J connectivity index is 1.90. The lowest BCUT2D eigenvalue weighted by Crippen LogP contribution is -2.35. The molecule has 0 saturated carbocycles. The number of benzene rings is 2. The topological polar surface area (TPSA) is 38.3 Å². The molecule has 0 fully saturated rings. The van der Waals surface area contributed by atoms with Crippen molar-refractivity contribution in [3.05, 3.63) is 64.7 Å². The summed E-state index contributed by atoms with van der Waals surface area (Å²) in [6, 6.07) is 14.1. The van der Waals surface area contributed by atoms with Crippen LogP contribution in [0.1, 0.15) is 29.2 Å². The van der Waals surface area contributed by atoms with Crippen molar-refractivity contribution in [3.8, 4) is 5.75 Å². The molecule has 3 heteroatoms. The van der Waals surface area contributed by atoms with E-state index < -0.39 is 6.10 Å². The smallest absolute Gasteiger partial charge is 0.261 e. The van der Waals surface area contributed by atoms with Gasteiger partial charge in [0.2, 0.25) is 0 Å². The fourth-order valence-corrected chi connectivity index (χ4v) is 2.30. The molecule has 0 spiro atoms. The molecule has 0 saturated heterocycles. The molecule has 0 aliphatic rings. The van der Waals surface area contributed by atoms with E-state index in [-0.39, 0.29) is 5.91 Å². The Bertz CT molecular complexity index is 627. The molecule has 3 nitrogen and oxygen atoms in total. The van der Waals surface area contributed by atoms with Crippen molar-refractivity contribution in [1.82, 2.24) is 5.32 Å². The lowest BCUT2D eigenvalue weighted by molar-refractivity contribution is -0.127. The number of carbonyl (C=O) groups is 1. The van der Waals surface area contributed by atoms with E-state index in [0.29, 0.717) is 6.54 Å². The predicted molar refractivity (Wildman–Crippen MR) is 89.0 cm³/mol. The number of hydrogen-bond acceptors (Lipinski definition) is 2. The quantitative estimate of drug-likeness (QED) is 0.914. The van der Waals surface area contributed by atoms with Crippen molar-refractivity contribution in [2.75, 3.05) is 0 Å². The summed E-state index contributed by atoms with van der Waals surface area (Å²) in [5.74, 6) is 0.621. The van der Waals surface area contributed by atoms with Crippen molar-refractivity contribution < 1.29 is 9.53 Å². The first-order chi connectivity index (χ1) is 10.4. The van der Waals surface area contributed by atoms with Gasteiger partial charge in [-0.1, -0.05) is 35.9 Å². The van der Waals surface area contributed by atoms with Crippen LogP contribution in [0.15, 0.2) is 42.5 Å². The second kappa shape index (κ2) is 7.12. The lowest BCUT2D eigenvalue weighted by atomic mass is 10.1. The van der Waals surface area contributed by atoms with Gasteiger partial charge in [0, 0.05) is 6.54 Å². The minimum absolute atomic E-state index is 0.111. The molecule has 116 valence electrons. The average molecular weight is 297 g/mol. The Labute approximate surface area is 132 Å². The Hall–Kier alpha value is -2.29. The fourth-order valence-electron chi connectivity index (χ4n) is 2.30. The molecule has 0 heterocycles. The van der Waals surface area contributed by atoms with Crippen molar-refractivity contribution in [2.24, 2.45) is 0 Å². The van der Waals surface area contributed by atoms with Crippen LogP contribution in [0, 0.1) is 20.8 Å². The third kappa shape index (κ3) is 4.62. The highest BCUT2D eigenvalue weighted by atomic mass is 16.5. The highest BCUT2D eigenvalue weighted by Gasteiger charge is 2.14. The minimum atomic E-state index is -0.522. The maximum Gasteiger partial charge on any atom is 0.261 e. The zero-order chi connectivity index (χ0) is 16.1. The Morgan fingerprint density at radius 1 is 1.00 bits per heavy atom. The van der Waals surface area contributed by atoms with Crippen molar-refractivity contribution in [2.45, 2.75) is 40.3 Å². The summed E-state index contributed by atoms with van der Waals surface area (Å²) in [5, 5.41) is 2.90. The van der Waals surface area contributed by atoms with Gasteiger partial charge in [-0.15, -0.1) is 0 Å². The summed E-state index contributed by atoms with van der Waals surface area (Å²) in [4.78, 5) is 12.1. The normalized spacial score (nSPS) is 11.8. The average Bonchev–Trinajstić information content (AvgIpc) is 2.45. The van der Waals surface area contributed by atoms with E-state index in [0.717, 1.165) is 22.4 Å². The van der Waals surface area contributed by atoms with Crippen LogP contribution in [-0.4, -0.2) is 12.0 Å². The molecular weight excluding hydrogens is 274 g/mol. The first-order valence-corrected chi connectivity index (χ1v) is 7.52. The van der Waals surface area contributed by atoms with Gasteiger partial charge in [0.05, 0.1) is 0 Å². The summed E-state index contributed by atoms with van der Waals surface area (Å²) in [5.41, 5.74) is 4.55. The van der Waals surface area contributed by atoms with E-state index in [9.17, 15) is 4.79 Å². The Kier molecular flexibility index (Phi) is 5.21. The van der Waals surface area contributed by atoms with Gasteiger partial charge < -0.3 is 10.1 Å². The van der Waals surface area contributed by atoms with Gasteiger partial charge in [-0.05, 0) is 56.5 Å². The van der Waals surface area contributed by atoms with E-state index >= 15 is 0 Å². The van der Waals surface area contributed by atoms with E-state index in [1.807, 2.05) is 57.2 Å². The molecule has 0 radical (unpaired) electrons. The summed E-state index contributed by atoms with van der Waals surface area (Å²) in [7, 11) is 0. The molecule has 0 unspecified atom stereocenters. The molecule has 1 amide bonds. The van der Waals surface area contributed by atoms with Gasteiger partial charge in [0.25, 0.3) is 5.91 Å². The summed E-state index contributed by atoms with van der Waals surface area (Å²) < 4.78 is 5.73. The molecule has 0 bridgehead atoms. The van der Waals surface area contributed by atoms with Gasteiger partial charge in [-0.2, -0.15) is 0 Å². The van der Waals surface area contributed by atoms with Gasteiger partial charge in [-0.3, -0.25) is 4.79 Å². The van der Waals surface area contributed by atoms with Gasteiger partial charge >= 0.3 is 0 Å². The zero-order valence-corrected chi connectivity index (χ0v) is 13.6. The van der Waals surface area contributed by atoms with E-state index in [4.69, 9.17) is 4.74 Å². The molecule has 0 aliphatic carbocycles. The third-order valence-corrected chi connectivity index (χ3v) is 3.46. The van der Waals surface area contributed by atoms with Gasteiger partial charge in [-0.25, -0.2) is 0 Å². The summed E-state index contributed by atoms with van der Waals surface area (Å²) >= 11 is 0. The van der Waals surface area contributed by atoms with Gasteiger partial charge in [0.1, 0.15) is 5.75 Å². The molecule has 0 aromatic heterocycles. The van der Waals surface area contributed by atoms with Crippen molar-refractivity contribution >= 4 is 5.91 Å². The number of carbonyl (C=O) groups excluding carboxylic acids is 1. The Morgan fingerprint density at radius 3 is 2.18 bits per heavy atom. The lowest BCUT2D eigenvalue weighted by Gasteiger charge is -2.15. The summed E-state index contributed by atoms with van der Waals surface area (Å²) in [6.07, 6.45) is -0.522. The molecule has 2 rings (SSSR count). The maximum absolute atomic E-state index is 12.1. The van der Waals surface area contributed by atoms with E-state index in [1.54, 1.807) is 6.92 Å². The van der Waals surface area contributed by atoms with Crippen molar-refractivity contribution in [3.63, 3.8) is 0 Å². The molecule has 0 aliphatic heterocycles. The first kappa shape index (κ1) is 16.1. The molecular formula is C19H23NO2. The second-order valence-electron chi connectivity index (χ2n) is 5.79. The number of rotatable bonds is 5. The predicted octanol–water partition coefficient (Wildman–Crippen LogP) is 3.70. The fraction of sp³-hybridized carbons (Fsp3) is 0.316. The van der Waals surface area contributed by atoms with Crippen LogP contribution in [0.2, 0.25) is 0 Å². The second-order valence-corrected chi connectivity index (χ2v) is 5.79. The monoisotopic (exact) mass is 297 g/mol. The molecule has 1 N–H and O–H groups in total. The maximum atomic E-state index is 12.1. The number of hydrogen-bond donors (Lipinski definition) is 1. The van der Waals surface area contributed by atoms with E-state index in [1.165, 1.54) is 5.56 Å². The van der Waals surface area contributed by atoms with Crippen LogP contribution < -0.4 is 10.1 Å². The number of nitrogens with one attached hydrogen (secondary N) is 1. The summed E-state index contributed by atoms with van der Waals surface area (Å²) in [6.45, 7) is 8.36. The van der Waals surface area contributed by atoms with Gasteiger partial charge in [0.15, 0.2) is 6.10 Å². The highest BCUT2D eigenvalue weighted by molar-refractivity contribution is 5.80. The molecule has 22 heavy (non-hydrogen) atoms.